The summed E-state index contributed by atoms with van der Waals surface area (Å²) in [6.07, 6.45) is 6.57. The van der Waals surface area contributed by atoms with E-state index < -0.39 is 0 Å². The summed E-state index contributed by atoms with van der Waals surface area (Å²) < 4.78 is 0. The highest BCUT2D eigenvalue weighted by molar-refractivity contribution is 5.81. The molecule has 2 aliphatic rings. The van der Waals surface area contributed by atoms with Crippen molar-refractivity contribution in [3.63, 3.8) is 0 Å². The van der Waals surface area contributed by atoms with Gasteiger partial charge in [0.1, 0.15) is 0 Å². The molecule has 0 aromatic heterocycles. The molecule has 5 nitrogen and oxygen atoms in total. The lowest BCUT2D eigenvalue weighted by Crippen LogP contribution is -2.47. The monoisotopic (exact) mass is 267 g/mol. The number of nitrogens with zero attached hydrogens (tertiary/aromatic N) is 1. The zero-order valence-electron chi connectivity index (χ0n) is 11.6. The number of rotatable bonds is 6. The first-order chi connectivity index (χ1) is 9.22. The van der Waals surface area contributed by atoms with Crippen LogP contribution in [0.5, 0.6) is 0 Å². The van der Waals surface area contributed by atoms with E-state index in [2.05, 4.69) is 5.32 Å². The van der Waals surface area contributed by atoms with Gasteiger partial charge in [0.15, 0.2) is 0 Å². The first-order valence-electron chi connectivity index (χ1n) is 7.49. The molecule has 0 aromatic rings. The summed E-state index contributed by atoms with van der Waals surface area (Å²) in [4.78, 5) is 25.5. The van der Waals surface area contributed by atoms with Crippen LogP contribution in [0.3, 0.4) is 0 Å². The highest BCUT2D eigenvalue weighted by Crippen LogP contribution is 2.28. The fourth-order valence-corrected chi connectivity index (χ4v) is 2.66. The predicted octanol–water partition coefficient (Wildman–Crippen LogP) is 0.633. The minimum Gasteiger partial charge on any atom is -0.356 e. The molecule has 2 rings (SSSR count). The van der Waals surface area contributed by atoms with Crippen molar-refractivity contribution in [1.29, 1.82) is 0 Å². The van der Waals surface area contributed by atoms with E-state index >= 15 is 0 Å². The van der Waals surface area contributed by atoms with E-state index in [0.29, 0.717) is 19.5 Å². The molecule has 0 aromatic carbocycles. The van der Waals surface area contributed by atoms with Gasteiger partial charge in [-0.3, -0.25) is 9.59 Å². The molecule has 0 bridgehead atoms. The Morgan fingerprint density at radius 1 is 1.21 bits per heavy atom. The smallest absolute Gasteiger partial charge is 0.223 e. The number of nitrogens with one attached hydrogen (secondary N) is 1. The van der Waals surface area contributed by atoms with Gasteiger partial charge < -0.3 is 16.0 Å². The lowest BCUT2D eigenvalue weighted by atomic mass is 10.0. The molecule has 1 aliphatic carbocycles. The molecule has 1 unspecified atom stereocenters. The van der Waals surface area contributed by atoms with Crippen LogP contribution in [0.2, 0.25) is 0 Å². The predicted molar refractivity (Wildman–Crippen MR) is 73.4 cm³/mol. The Kier molecular flexibility index (Phi) is 5.19. The summed E-state index contributed by atoms with van der Waals surface area (Å²) in [5.41, 5.74) is 5.72. The number of piperidine rings is 1. The van der Waals surface area contributed by atoms with Gasteiger partial charge in [-0.1, -0.05) is 0 Å². The topological polar surface area (TPSA) is 75.4 Å². The van der Waals surface area contributed by atoms with Crippen LogP contribution in [0.15, 0.2) is 0 Å². The Morgan fingerprint density at radius 2 is 2.00 bits per heavy atom. The quantitative estimate of drug-likeness (QED) is 0.693. The minimum atomic E-state index is 0.158. The van der Waals surface area contributed by atoms with Crippen LogP contribution < -0.4 is 11.1 Å². The van der Waals surface area contributed by atoms with E-state index in [1.54, 1.807) is 0 Å². The van der Waals surface area contributed by atoms with Gasteiger partial charge in [0.25, 0.3) is 0 Å². The molecule has 3 N–H and O–H groups in total. The van der Waals surface area contributed by atoms with Crippen LogP contribution in [0.25, 0.3) is 0 Å². The summed E-state index contributed by atoms with van der Waals surface area (Å²) in [5.74, 6) is 0.598. The van der Waals surface area contributed by atoms with E-state index in [4.69, 9.17) is 5.73 Å². The Hall–Kier alpha value is -1.10. The number of hydrogen-bond donors (Lipinski definition) is 2. The molecule has 1 saturated heterocycles. The molecule has 1 aliphatic heterocycles. The molecule has 0 spiro atoms. The van der Waals surface area contributed by atoms with Crippen LogP contribution in [-0.4, -0.2) is 42.4 Å². The summed E-state index contributed by atoms with van der Waals surface area (Å²) in [6, 6.07) is 0.224. The van der Waals surface area contributed by atoms with Crippen molar-refractivity contribution in [1.82, 2.24) is 10.2 Å². The van der Waals surface area contributed by atoms with E-state index in [1.165, 1.54) is 6.42 Å². The molecule has 2 amide bonds. The number of amides is 2. The van der Waals surface area contributed by atoms with Crippen molar-refractivity contribution < 1.29 is 9.59 Å². The Morgan fingerprint density at radius 3 is 2.68 bits per heavy atom. The van der Waals surface area contributed by atoms with Gasteiger partial charge >= 0.3 is 0 Å². The van der Waals surface area contributed by atoms with Crippen LogP contribution in [0.4, 0.5) is 0 Å². The maximum absolute atomic E-state index is 12.1. The van der Waals surface area contributed by atoms with Crippen molar-refractivity contribution in [2.45, 2.75) is 51.0 Å². The average molecular weight is 267 g/mol. The summed E-state index contributed by atoms with van der Waals surface area (Å²) in [6.45, 7) is 2.02. The van der Waals surface area contributed by atoms with Crippen LogP contribution in [-0.2, 0) is 9.59 Å². The average Bonchev–Trinajstić information content (AvgIpc) is 3.27. The highest BCUT2D eigenvalue weighted by Gasteiger charge is 2.29. The van der Waals surface area contributed by atoms with Gasteiger partial charge in [-0.15, -0.1) is 0 Å². The van der Waals surface area contributed by atoms with Gasteiger partial charge in [0.2, 0.25) is 11.8 Å². The lowest BCUT2D eigenvalue weighted by Gasteiger charge is -2.35. The van der Waals surface area contributed by atoms with Gasteiger partial charge in [-0.2, -0.15) is 0 Å². The second-order valence-electron chi connectivity index (χ2n) is 5.64. The largest absolute Gasteiger partial charge is 0.356 e. The molecular formula is C14H25N3O2. The summed E-state index contributed by atoms with van der Waals surface area (Å²) in [5, 5.41) is 2.89. The second kappa shape index (κ2) is 6.89. The number of carbonyl (C=O) groups is 2. The van der Waals surface area contributed by atoms with Crippen molar-refractivity contribution in [3.05, 3.63) is 0 Å². The fourth-order valence-electron chi connectivity index (χ4n) is 2.66. The van der Waals surface area contributed by atoms with E-state index in [-0.39, 0.29) is 23.8 Å². The van der Waals surface area contributed by atoms with Crippen molar-refractivity contribution in [2.75, 3.05) is 19.6 Å². The van der Waals surface area contributed by atoms with E-state index in [0.717, 1.165) is 38.6 Å². The fraction of sp³-hybridized carbons (Fsp3) is 0.857. The third kappa shape index (κ3) is 4.20. The van der Waals surface area contributed by atoms with E-state index in [9.17, 15) is 9.59 Å². The number of hydrogen-bond acceptors (Lipinski definition) is 3. The Bertz CT molecular complexity index is 329. The third-order valence-electron chi connectivity index (χ3n) is 4.03. The van der Waals surface area contributed by atoms with Crippen LogP contribution in [0, 0.1) is 5.92 Å². The molecule has 19 heavy (non-hydrogen) atoms. The van der Waals surface area contributed by atoms with Crippen molar-refractivity contribution in [2.24, 2.45) is 11.7 Å². The second-order valence-corrected chi connectivity index (χ2v) is 5.64. The zero-order valence-corrected chi connectivity index (χ0v) is 11.6. The molecular weight excluding hydrogens is 242 g/mol. The molecule has 0 radical (unpaired) electrons. The minimum absolute atomic E-state index is 0.158. The van der Waals surface area contributed by atoms with Crippen LogP contribution >= 0.6 is 0 Å². The number of likely N-dealkylation sites (tertiary alicyclic amines) is 1. The first kappa shape index (κ1) is 14.3. The molecule has 2 fully saturated rings. The van der Waals surface area contributed by atoms with Gasteiger partial charge in [-0.25, -0.2) is 0 Å². The van der Waals surface area contributed by atoms with Crippen LogP contribution in [0.1, 0.15) is 44.9 Å². The Labute approximate surface area is 114 Å². The van der Waals surface area contributed by atoms with Crippen molar-refractivity contribution in [3.8, 4) is 0 Å². The molecule has 1 atom stereocenters. The number of carbonyl (C=O) groups excluding carboxylic acids is 2. The first-order valence-corrected chi connectivity index (χ1v) is 7.49. The van der Waals surface area contributed by atoms with Crippen molar-refractivity contribution >= 4 is 11.8 Å². The normalized spacial score (nSPS) is 23.2. The molecule has 1 saturated carbocycles. The maximum Gasteiger partial charge on any atom is 0.223 e. The standard InChI is InChI=1S/C14H25N3O2/c15-10-12-4-1-2-9-17(12)13(18)5-3-8-16-14(19)11-6-7-11/h11-12H,1-10,15H2,(H,16,19). The molecule has 108 valence electrons. The zero-order chi connectivity index (χ0) is 13.7. The maximum atomic E-state index is 12.1. The van der Waals surface area contributed by atoms with Gasteiger partial charge in [0, 0.05) is 38.0 Å². The van der Waals surface area contributed by atoms with E-state index in [1.807, 2.05) is 4.90 Å². The molecule has 1 heterocycles. The highest BCUT2D eigenvalue weighted by atomic mass is 16.2. The Balaban J connectivity index is 1.63. The molecule has 5 heteroatoms. The number of nitrogens with two attached hydrogens (primary N) is 1. The SMILES string of the molecule is NCC1CCCCN1C(=O)CCCNC(=O)C1CC1. The van der Waals surface area contributed by atoms with Gasteiger partial charge in [0.05, 0.1) is 0 Å². The van der Waals surface area contributed by atoms with Gasteiger partial charge in [-0.05, 0) is 38.5 Å². The third-order valence-corrected chi connectivity index (χ3v) is 4.03. The lowest BCUT2D eigenvalue weighted by molar-refractivity contribution is -0.135. The summed E-state index contributed by atoms with van der Waals surface area (Å²) >= 11 is 0. The summed E-state index contributed by atoms with van der Waals surface area (Å²) in [7, 11) is 0.